The molecule has 0 bridgehead atoms. The molecule has 1 N–H and O–H groups in total. The molecule has 0 radical (unpaired) electrons. The topological polar surface area (TPSA) is 58.2 Å². The average molecular weight is 376 g/mol. The van der Waals surface area contributed by atoms with Crippen molar-refractivity contribution >= 4 is 21.8 Å². The van der Waals surface area contributed by atoms with E-state index in [9.17, 15) is 4.79 Å². The predicted octanol–water partition coefficient (Wildman–Crippen LogP) is 3.23. The number of hydrogen-bond acceptors (Lipinski definition) is 3. The van der Waals surface area contributed by atoms with Gasteiger partial charge in [0, 0.05) is 16.6 Å². The second kappa shape index (κ2) is 6.09. The van der Waals surface area contributed by atoms with Crippen LogP contribution in [0.2, 0.25) is 0 Å². The van der Waals surface area contributed by atoms with Crippen molar-refractivity contribution in [3.05, 3.63) is 40.5 Å². The molecule has 2 fully saturated rings. The summed E-state index contributed by atoms with van der Waals surface area (Å²) in [7, 11) is 0. The maximum absolute atomic E-state index is 12.8. The lowest BCUT2D eigenvalue weighted by Crippen LogP contribution is -2.51. The molecule has 1 saturated carbocycles. The van der Waals surface area contributed by atoms with E-state index in [1.807, 2.05) is 35.2 Å². The van der Waals surface area contributed by atoms with E-state index >= 15 is 0 Å². The maximum Gasteiger partial charge on any atom is 0.272 e. The fourth-order valence-corrected chi connectivity index (χ4v) is 3.80. The van der Waals surface area contributed by atoms with Crippen molar-refractivity contribution in [3.63, 3.8) is 0 Å². The Kier molecular flexibility index (Phi) is 3.95. The molecule has 0 spiro atoms. The normalized spacial score (nSPS) is 23.8. The molecule has 1 aromatic carbocycles. The second-order valence-electron chi connectivity index (χ2n) is 6.08. The minimum absolute atomic E-state index is 0.0288. The van der Waals surface area contributed by atoms with Gasteiger partial charge >= 0.3 is 0 Å². The third-order valence-corrected chi connectivity index (χ3v) is 5.22. The number of aromatic amines is 1. The van der Waals surface area contributed by atoms with Crippen LogP contribution in [0.1, 0.15) is 29.8 Å². The van der Waals surface area contributed by atoms with Crippen LogP contribution >= 0.6 is 15.9 Å². The summed E-state index contributed by atoms with van der Waals surface area (Å²) >= 11 is 3.42. The van der Waals surface area contributed by atoms with E-state index in [1.165, 1.54) is 0 Å². The van der Waals surface area contributed by atoms with Crippen LogP contribution in [0.3, 0.4) is 0 Å². The van der Waals surface area contributed by atoms with Gasteiger partial charge in [0.25, 0.3) is 5.91 Å². The molecular formula is C17H18BrN3O2. The van der Waals surface area contributed by atoms with Crippen molar-refractivity contribution in [3.8, 4) is 11.3 Å². The minimum Gasteiger partial charge on any atom is -0.374 e. The quantitative estimate of drug-likeness (QED) is 0.876. The van der Waals surface area contributed by atoms with Gasteiger partial charge in [-0.1, -0.05) is 28.1 Å². The number of fused-ring (bicyclic) bond motifs is 1. The van der Waals surface area contributed by atoms with E-state index in [0.29, 0.717) is 18.8 Å². The number of amides is 1. The molecule has 1 aromatic heterocycles. The number of hydrogen-bond donors (Lipinski definition) is 1. The van der Waals surface area contributed by atoms with Gasteiger partial charge in [0.1, 0.15) is 5.69 Å². The highest BCUT2D eigenvalue weighted by Crippen LogP contribution is 2.31. The third kappa shape index (κ3) is 2.81. The molecule has 2 heterocycles. The summed E-state index contributed by atoms with van der Waals surface area (Å²) in [5.74, 6) is 0.0288. The maximum atomic E-state index is 12.8. The number of halogens is 1. The lowest BCUT2D eigenvalue weighted by atomic mass is 10.1. The van der Waals surface area contributed by atoms with Crippen molar-refractivity contribution < 1.29 is 9.53 Å². The van der Waals surface area contributed by atoms with Gasteiger partial charge in [-0.05, 0) is 37.5 Å². The molecule has 2 aliphatic rings. The Bertz CT molecular complexity index is 713. The van der Waals surface area contributed by atoms with Crippen molar-refractivity contribution in [1.82, 2.24) is 15.1 Å². The lowest BCUT2D eigenvalue weighted by molar-refractivity contribution is -0.0447. The summed E-state index contributed by atoms with van der Waals surface area (Å²) in [5.41, 5.74) is 2.33. The fourth-order valence-electron chi connectivity index (χ4n) is 3.53. The van der Waals surface area contributed by atoms with E-state index in [2.05, 4.69) is 26.1 Å². The molecule has 1 saturated heterocycles. The number of carbonyl (C=O) groups excluding carboxylic acids is 1. The first-order chi connectivity index (χ1) is 11.2. The van der Waals surface area contributed by atoms with E-state index in [4.69, 9.17) is 4.74 Å². The molecule has 5 nitrogen and oxygen atoms in total. The Morgan fingerprint density at radius 1 is 1.30 bits per heavy atom. The van der Waals surface area contributed by atoms with Gasteiger partial charge in [-0.15, -0.1) is 0 Å². The van der Waals surface area contributed by atoms with Gasteiger partial charge in [-0.3, -0.25) is 9.89 Å². The van der Waals surface area contributed by atoms with E-state index in [-0.39, 0.29) is 18.1 Å². The highest BCUT2D eigenvalue weighted by Gasteiger charge is 2.39. The fraction of sp³-hybridized carbons (Fsp3) is 0.412. The van der Waals surface area contributed by atoms with Crippen LogP contribution in [-0.2, 0) is 4.74 Å². The van der Waals surface area contributed by atoms with Crippen molar-refractivity contribution in [2.24, 2.45) is 0 Å². The largest absolute Gasteiger partial charge is 0.374 e. The molecule has 2 atom stereocenters. The molecule has 1 aliphatic carbocycles. The number of rotatable bonds is 2. The Labute approximate surface area is 143 Å². The monoisotopic (exact) mass is 375 g/mol. The summed E-state index contributed by atoms with van der Waals surface area (Å²) in [5, 5.41) is 7.20. The molecule has 2 aromatic rings. The molecule has 1 aliphatic heterocycles. The van der Waals surface area contributed by atoms with Crippen LogP contribution in [0.5, 0.6) is 0 Å². The minimum atomic E-state index is 0.0288. The summed E-state index contributed by atoms with van der Waals surface area (Å²) < 4.78 is 6.80. The lowest BCUT2D eigenvalue weighted by Gasteiger charge is -2.37. The summed E-state index contributed by atoms with van der Waals surface area (Å²) in [6.45, 7) is 1.28. The Balaban J connectivity index is 1.56. The SMILES string of the molecule is O=C(c1cc(-c2ccc(Br)cc2)n[nH]1)N1CCO[C@@H]2CCC[C@@H]21. The number of morpholine rings is 1. The van der Waals surface area contributed by atoms with Crippen molar-refractivity contribution in [1.29, 1.82) is 0 Å². The first kappa shape index (κ1) is 14.9. The Morgan fingerprint density at radius 2 is 2.13 bits per heavy atom. The van der Waals surface area contributed by atoms with E-state index in [1.54, 1.807) is 0 Å². The summed E-state index contributed by atoms with van der Waals surface area (Å²) in [4.78, 5) is 14.8. The zero-order valence-electron chi connectivity index (χ0n) is 12.7. The van der Waals surface area contributed by atoms with Gasteiger partial charge in [0.15, 0.2) is 0 Å². The number of ether oxygens (including phenoxy) is 1. The molecule has 1 amide bonds. The Hall–Kier alpha value is -1.66. The van der Waals surface area contributed by atoms with Crippen LogP contribution in [0.25, 0.3) is 11.3 Å². The highest BCUT2D eigenvalue weighted by atomic mass is 79.9. The highest BCUT2D eigenvalue weighted by molar-refractivity contribution is 9.10. The zero-order chi connectivity index (χ0) is 15.8. The second-order valence-corrected chi connectivity index (χ2v) is 7.00. The van der Waals surface area contributed by atoms with Gasteiger partial charge in [-0.25, -0.2) is 0 Å². The first-order valence-corrected chi connectivity index (χ1v) is 8.75. The zero-order valence-corrected chi connectivity index (χ0v) is 14.3. The summed E-state index contributed by atoms with van der Waals surface area (Å²) in [6, 6.07) is 9.96. The molecule has 4 rings (SSSR count). The van der Waals surface area contributed by atoms with Crippen LogP contribution in [0, 0.1) is 0 Å². The van der Waals surface area contributed by atoms with E-state index in [0.717, 1.165) is 35.0 Å². The van der Waals surface area contributed by atoms with Gasteiger partial charge in [-0.2, -0.15) is 5.10 Å². The number of nitrogens with zero attached hydrogens (tertiary/aromatic N) is 2. The summed E-state index contributed by atoms with van der Waals surface area (Å²) in [6.07, 6.45) is 3.43. The van der Waals surface area contributed by atoms with Gasteiger partial charge in [0.2, 0.25) is 0 Å². The van der Waals surface area contributed by atoms with Gasteiger partial charge < -0.3 is 9.64 Å². The van der Waals surface area contributed by atoms with Crippen LogP contribution in [-0.4, -0.2) is 46.3 Å². The van der Waals surface area contributed by atoms with Crippen LogP contribution < -0.4 is 0 Å². The standard InChI is InChI=1S/C17H18BrN3O2/c18-12-6-4-11(5-7-12)13-10-14(20-19-13)17(22)21-8-9-23-16-3-1-2-15(16)21/h4-7,10,15-16H,1-3,8-9H2,(H,19,20)/t15-,16+/m0/s1. The van der Waals surface area contributed by atoms with Gasteiger partial charge in [0.05, 0.1) is 24.4 Å². The van der Waals surface area contributed by atoms with Crippen LogP contribution in [0.15, 0.2) is 34.8 Å². The average Bonchev–Trinajstić information content (AvgIpc) is 3.23. The van der Waals surface area contributed by atoms with Crippen molar-refractivity contribution in [2.75, 3.05) is 13.2 Å². The third-order valence-electron chi connectivity index (χ3n) is 4.69. The predicted molar refractivity (Wildman–Crippen MR) is 90.1 cm³/mol. The smallest absolute Gasteiger partial charge is 0.272 e. The first-order valence-electron chi connectivity index (χ1n) is 7.96. The molecular weight excluding hydrogens is 358 g/mol. The number of nitrogens with one attached hydrogen (secondary N) is 1. The van der Waals surface area contributed by atoms with E-state index < -0.39 is 0 Å². The number of aromatic nitrogens is 2. The number of benzene rings is 1. The van der Waals surface area contributed by atoms with Crippen molar-refractivity contribution in [2.45, 2.75) is 31.4 Å². The number of H-pyrrole nitrogens is 1. The Morgan fingerprint density at radius 3 is 2.96 bits per heavy atom. The molecule has 120 valence electrons. The number of carbonyl (C=O) groups is 1. The molecule has 6 heteroatoms. The molecule has 23 heavy (non-hydrogen) atoms. The molecule has 0 unspecified atom stereocenters. The van der Waals surface area contributed by atoms with Crippen LogP contribution in [0.4, 0.5) is 0 Å².